The Morgan fingerprint density at radius 1 is 1.11 bits per heavy atom. The normalized spacial score (nSPS) is 18.8. The number of hydrogen-bond donors (Lipinski definition) is 1. The Bertz CT molecular complexity index is 1250. The smallest absolute Gasteiger partial charge is 0.338 e. The Hall–Kier alpha value is -3.52. The molecule has 0 unspecified atom stereocenters. The van der Waals surface area contributed by atoms with Gasteiger partial charge in [0.05, 0.1) is 30.8 Å². The average molecular weight is 504 g/mol. The Balaban J connectivity index is 1.46. The number of carbonyl (C=O) groups is 2. The van der Waals surface area contributed by atoms with Crippen molar-refractivity contribution < 1.29 is 19.1 Å². The summed E-state index contributed by atoms with van der Waals surface area (Å²) in [5.41, 5.74) is 3.54. The second-order valence-electron chi connectivity index (χ2n) is 9.12. The Morgan fingerprint density at radius 2 is 1.86 bits per heavy atom. The van der Waals surface area contributed by atoms with Gasteiger partial charge in [-0.3, -0.25) is 4.79 Å². The van der Waals surface area contributed by atoms with E-state index in [9.17, 15) is 9.59 Å². The molecule has 8 heteroatoms. The van der Waals surface area contributed by atoms with Crippen molar-refractivity contribution in [3.63, 3.8) is 0 Å². The SMILES string of the molecule is COc1ccccc1[C@@H]1C(C(=O)OCc2ccccc2)=C(C)N=C2SC=C(CC(=O)NCC3CC3)N21. The first-order chi connectivity index (χ1) is 17.5. The number of benzene rings is 2. The molecule has 0 saturated heterocycles. The fraction of sp³-hybridized carbons (Fsp3) is 0.321. The summed E-state index contributed by atoms with van der Waals surface area (Å²) in [4.78, 5) is 33.0. The zero-order valence-electron chi connectivity index (χ0n) is 20.4. The highest BCUT2D eigenvalue weighted by Crippen LogP contribution is 2.47. The molecular formula is C28H29N3O4S. The van der Waals surface area contributed by atoms with Gasteiger partial charge in [0.25, 0.3) is 0 Å². The summed E-state index contributed by atoms with van der Waals surface area (Å²) in [5.74, 6) is 0.781. The highest BCUT2D eigenvalue weighted by atomic mass is 32.2. The number of para-hydroxylation sites is 1. The van der Waals surface area contributed by atoms with E-state index in [0.717, 1.165) is 22.0 Å². The maximum atomic E-state index is 13.5. The summed E-state index contributed by atoms with van der Waals surface area (Å²) in [7, 11) is 1.61. The zero-order valence-corrected chi connectivity index (χ0v) is 21.2. The topological polar surface area (TPSA) is 80.2 Å². The molecule has 2 aliphatic heterocycles. The number of aliphatic imine (C=N–C) groups is 1. The van der Waals surface area contributed by atoms with Gasteiger partial charge in [-0.1, -0.05) is 60.3 Å². The number of carbonyl (C=O) groups excluding carboxylic acids is 2. The number of nitrogens with zero attached hydrogens (tertiary/aromatic N) is 2. The highest BCUT2D eigenvalue weighted by molar-refractivity contribution is 8.16. The monoisotopic (exact) mass is 503 g/mol. The summed E-state index contributed by atoms with van der Waals surface area (Å²) >= 11 is 1.46. The van der Waals surface area contributed by atoms with E-state index >= 15 is 0 Å². The molecule has 1 amide bonds. The lowest BCUT2D eigenvalue weighted by molar-refractivity contribution is -0.141. The van der Waals surface area contributed by atoms with Crippen molar-refractivity contribution in [2.75, 3.05) is 13.7 Å². The third kappa shape index (κ3) is 5.18. The molecule has 7 nitrogen and oxygen atoms in total. The minimum absolute atomic E-state index is 0.0340. The van der Waals surface area contributed by atoms with Gasteiger partial charge in [-0.2, -0.15) is 0 Å². The van der Waals surface area contributed by atoms with Crippen LogP contribution in [0.3, 0.4) is 0 Å². The summed E-state index contributed by atoms with van der Waals surface area (Å²) in [6.45, 7) is 2.70. The zero-order chi connectivity index (χ0) is 25.1. The number of methoxy groups -OCH3 is 1. The Kier molecular flexibility index (Phi) is 7.13. The number of ether oxygens (including phenoxy) is 2. The van der Waals surface area contributed by atoms with Crippen LogP contribution < -0.4 is 10.1 Å². The first-order valence-electron chi connectivity index (χ1n) is 12.1. The van der Waals surface area contributed by atoms with Crippen LogP contribution in [-0.4, -0.2) is 35.6 Å². The van der Waals surface area contributed by atoms with E-state index in [4.69, 9.17) is 14.5 Å². The number of allylic oxidation sites excluding steroid dienone is 1. The van der Waals surface area contributed by atoms with E-state index < -0.39 is 12.0 Å². The van der Waals surface area contributed by atoms with Crippen LogP contribution in [0.5, 0.6) is 5.75 Å². The summed E-state index contributed by atoms with van der Waals surface area (Å²) in [6, 6.07) is 16.7. The first-order valence-corrected chi connectivity index (χ1v) is 13.0. The maximum absolute atomic E-state index is 13.5. The van der Waals surface area contributed by atoms with Crippen molar-refractivity contribution in [1.82, 2.24) is 10.2 Å². The molecule has 36 heavy (non-hydrogen) atoms. The molecule has 0 spiro atoms. The standard InChI is InChI=1S/C28H29N3O4S/c1-18-25(27(33)35-16-20-8-4-3-5-9-20)26(22-10-6-7-11-23(22)34-2)31-21(17-36-28(31)30-18)14-24(32)29-15-19-12-13-19/h3-11,17,19,26H,12-16H2,1-2H3,(H,29,32)/t26-/m1/s1. The van der Waals surface area contributed by atoms with Gasteiger partial charge in [0.15, 0.2) is 5.17 Å². The molecule has 0 bridgehead atoms. The molecule has 3 aliphatic rings. The predicted octanol–water partition coefficient (Wildman–Crippen LogP) is 4.93. The number of fused-ring (bicyclic) bond motifs is 1. The number of amides is 1. The minimum atomic E-state index is -0.533. The van der Waals surface area contributed by atoms with Crippen molar-refractivity contribution in [1.29, 1.82) is 0 Å². The van der Waals surface area contributed by atoms with E-state index in [1.807, 2.05) is 71.8 Å². The van der Waals surface area contributed by atoms with Gasteiger partial charge in [0, 0.05) is 17.8 Å². The average Bonchev–Trinajstić information content (AvgIpc) is 3.66. The molecule has 1 aliphatic carbocycles. The summed E-state index contributed by atoms with van der Waals surface area (Å²) in [5, 5.41) is 5.72. The first kappa shape index (κ1) is 24.2. The van der Waals surface area contributed by atoms with Crippen LogP contribution in [0, 0.1) is 5.92 Å². The van der Waals surface area contributed by atoms with Crippen LogP contribution in [0.15, 0.2) is 82.0 Å². The number of hydrogen-bond acceptors (Lipinski definition) is 7. The van der Waals surface area contributed by atoms with Crippen LogP contribution in [-0.2, 0) is 20.9 Å². The Morgan fingerprint density at radius 3 is 2.61 bits per heavy atom. The van der Waals surface area contributed by atoms with Gasteiger partial charge in [0.1, 0.15) is 12.4 Å². The van der Waals surface area contributed by atoms with Crippen LogP contribution >= 0.6 is 11.8 Å². The minimum Gasteiger partial charge on any atom is -0.496 e. The molecule has 1 fully saturated rings. The van der Waals surface area contributed by atoms with Crippen molar-refractivity contribution in [3.8, 4) is 5.75 Å². The molecule has 1 atom stereocenters. The number of thioether (sulfide) groups is 1. The van der Waals surface area contributed by atoms with Crippen LogP contribution in [0.1, 0.15) is 43.4 Å². The molecule has 0 radical (unpaired) electrons. The number of esters is 1. The molecule has 1 saturated carbocycles. The molecule has 186 valence electrons. The van der Waals surface area contributed by atoms with E-state index in [-0.39, 0.29) is 18.9 Å². The van der Waals surface area contributed by atoms with Crippen molar-refractivity contribution >= 4 is 28.8 Å². The van der Waals surface area contributed by atoms with Gasteiger partial charge in [0.2, 0.25) is 5.91 Å². The molecular weight excluding hydrogens is 474 g/mol. The molecule has 2 heterocycles. The van der Waals surface area contributed by atoms with Gasteiger partial charge in [-0.15, -0.1) is 0 Å². The van der Waals surface area contributed by atoms with Gasteiger partial charge in [-0.05, 0) is 42.7 Å². The van der Waals surface area contributed by atoms with E-state index in [1.165, 1.54) is 24.6 Å². The summed E-state index contributed by atoms with van der Waals surface area (Å²) < 4.78 is 11.4. The number of rotatable bonds is 9. The predicted molar refractivity (Wildman–Crippen MR) is 140 cm³/mol. The van der Waals surface area contributed by atoms with Crippen LogP contribution in [0.4, 0.5) is 0 Å². The van der Waals surface area contributed by atoms with Gasteiger partial charge >= 0.3 is 5.97 Å². The lowest BCUT2D eigenvalue weighted by Crippen LogP contribution is -2.38. The Labute approximate surface area is 215 Å². The van der Waals surface area contributed by atoms with Crippen molar-refractivity contribution in [2.45, 2.75) is 38.8 Å². The van der Waals surface area contributed by atoms with Gasteiger partial charge < -0.3 is 19.7 Å². The fourth-order valence-electron chi connectivity index (χ4n) is 4.43. The lowest BCUT2D eigenvalue weighted by Gasteiger charge is -2.36. The molecule has 5 rings (SSSR count). The third-order valence-corrected chi connectivity index (χ3v) is 7.38. The van der Waals surface area contributed by atoms with E-state index in [1.54, 1.807) is 7.11 Å². The number of amidine groups is 1. The molecule has 2 aromatic rings. The number of nitrogens with one attached hydrogen (secondary N) is 1. The van der Waals surface area contributed by atoms with Crippen LogP contribution in [0.2, 0.25) is 0 Å². The third-order valence-electron chi connectivity index (χ3n) is 6.49. The van der Waals surface area contributed by atoms with Gasteiger partial charge in [-0.25, -0.2) is 9.79 Å². The van der Waals surface area contributed by atoms with E-state index in [2.05, 4.69) is 5.32 Å². The lowest BCUT2D eigenvalue weighted by atomic mass is 9.93. The van der Waals surface area contributed by atoms with E-state index in [0.29, 0.717) is 29.5 Å². The molecule has 2 aromatic carbocycles. The summed E-state index contributed by atoms with van der Waals surface area (Å²) in [6.07, 6.45) is 2.56. The largest absolute Gasteiger partial charge is 0.496 e. The van der Waals surface area contributed by atoms with Crippen molar-refractivity contribution in [3.05, 3.63) is 88.1 Å². The highest BCUT2D eigenvalue weighted by Gasteiger charge is 2.42. The molecule has 1 N–H and O–H groups in total. The van der Waals surface area contributed by atoms with Crippen LogP contribution in [0.25, 0.3) is 0 Å². The second-order valence-corrected chi connectivity index (χ2v) is 9.96. The second kappa shape index (κ2) is 10.6. The maximum Gasteiger partial charge on any atom is 0.338 e. The fourth-order valence-corrected chi connectivity index (χ4v) is 5.39. The molecule has 0 aromatic heterocycles. The quantitative estimate of drug-likeness (QED) is 0.489. The van der Waals surface area contributed by atoms with Crippen molar-refractivity contribution in [2.24, 2.45) is 10.9 Å².